The molecule has 12 aromatic rings. The quantitative estimate of drug-likeness (QED) is 0.126. The summed E-state index contributed by atoms with van der Waals surface area (Å²) in [4.78, 5) is 4.64. The second-order valence-corrected chi connectivity index (χ2v) is 17.3. The fourth-order valence-corrected chi connectivity index (χ4v) is 10.1. The molecule has 0 saturated carbocycles. The van der Waals surface area contributed by atoms with Crippen LogP contribution < -0.4 is 9.80 Å². The molecule has 0 atom stereocenters. The predicted molar refractivity (Wildman–Crippen MR) is 290 cm³/mol. The van der Waals surface area contributed by atoms with Gasteiger partial charge in [0.15, 0.2) is 0 Å². The summed E-state index contributed by atoms with van der Waals surface area (Å²) in [6.07, 6.45) is 0. The van der Waals surface area contributed by atoms with E-state index in [1.807, 2.05) is 0 Å². The molecule has 0 spiro atoms. The van der Waals surface area contributed by atoms with Crippen LogP contribution in [-0.2, 0) is 0 Å². The minimum atomic E-state index is 1.08. The van der Waals surface area contributed by atoms with Gasteiger partial charge >= 0.3 is 0 Å². The molecule has 0 saturated heterocycles. The van der Waals surface area contributed by atoms with E-state index < -0.39 is 0 Å². The summed E-state index contributed by atoms with van der Waals surface area (Å²) in [6.45, 7) is 0. The Bertz CT molecular complexity index is 3580. The van der Waals surface area contributed by atoms with Crippen LogP contribution >= 0.6 is 0 Å². The van der Waals surface area contributed by atoms with Crippen molar-refractivity contribution in [2.45, 2.75) is 0 Å². The van der Waals surface area contributed by atoms with Crippen LogP contribution in [-0.4, -0.2) is 0 Å². The minimum absolute atomic E-state index is 1.08. The summed E-state index contributed by atoms with van der Waals surface area (Å²) < 4.78 is 0. The third-order valence-corrected chi connectivity index (χ3v) is 13.2. The van der Waals surface area contributed by atoms with E-state index in [1.54, 1.807) is 0 Å². The Morgan fingerprint density at radius 2 is 0.456 bits per heavy atom. The van der Waals surface area contributed by atoms with Gasteiger partial charge in [-0.2, -0.15) is 0 Å². The molecule has 0 aliphatic rings. The highest BCUT2D eigenvalue weighted by atomic mass is 15.2. The molecule has 68 heavy (non-hydrogen) atoms. The SMILES string of the molecule is c1ccc(N(c2ccccc2)c2ccc(N(c3ccccc3)c3ccc(-c4c5ccccc5c(-c5ccc(-c6ccc(-c7cccc8ccccc78)cc6)cc5)c5ccccc45)cc3)cc2)cc1. The van der Waals surface area contributed by atoms with Gasteiger partial charge in [-0.05, 0) is 150 Å². The molecule has 0 aromatic heterocycles. The van der Waals surface area contributed by atoms with Crippen molar-refractivity contribution in [2.24, 2.45) is 0 Å². The first-order chi connectivity index (χ1) is 33.7. The van der Waals surface area contributed by atoms with E-state index in [9.17, 15) is 0 Å². The van der Waals surface area contributed by atoms with Crippen molar-refractivity contribution in [3.63, 3.8) is 0 Å². The first-order valence-electron chi connectivity index (χ1n) is 23.3. The van der Waals surface area contributed by atoms with Gasteiger partial charge in [0.05, 0.1) is 0 Å². The number of hydrogen-bond acceptors (Lipinski definition) is 2. The van der Waals surface area contributed by atoms with Crippen LogP contribution in [0.1, 0.15) is 0 Å². The average Bonchev–Trinajstić information content (AvgIpc) is 3.42. The van der Waals surface area contributed by atoms with Crippen molar-refractivity contribution >= 4 is 66.4 Å². The second kappa shape index (κ2) is 17.8. The summed E-state index contributed by atoms with van der Waals surface area (Å²) in [5, 5.41) is 7.48. The van der Waals surface area contributed by atoms with Gasteiger partial charge in [0.1, 0.15) is 0 Å². The predicted octanol–water partition coefficient (Wildman–Crippen LogP) is 18.8. The van der Waals surface area contributed by atoms with E-state index in [0.717, 1.165) is 34.1 Å². The maximum atomic E-state index is 2.34. The molecule has 2 heteroatoms. The van der Waals surface area contributed by atoms with Crippen LogP contribution in [0.15, 0.2) is 279 Å². The molecule has 0 aliphatic carbocycles. The van der Waals surface area contributed by atoms with E-state index >= 15 is 0 Å². The number of benzene rings is 12. The molecule has 0 bridgehead atoms. The van der Waals surface area contributed by atoms with Gasteiger partial charge in [0, 0.05) is 34.1 Å². The van der Waals surface area contributed by atoms with Crippen molar-refractivity contribution in [1.29, 1.82) is 0 Å². The minimum Gasteiger partial charge on any atom is -0.311 e. The van der Waals surface area contributed by atoms with Crippen LogP contribution in [0.25, 0.3) is 76.8 Å². The van der Waals surface area contributed by atoms with Crippen LogP contribution in [0.2, 0.25) is 0 Å². The Kier molecular flexibility index (Phi) is 10.6. The first kappa shape index (κ1) is 40.5. The van der Waals surface area contributed by atoms with Crippen molar-refractivity contribution < 1.29 is 0 Å². The second-order valence-electron chi connectivity index (χ2n) is 17.3. The van der Waals surface area contributed by atoms with E-state index in [0.29, 0.717) is 0 Å². The lowest BCUT2D eigenvalue weighted by Gasteiger charge is -2.28. The number of nitrogens with zero attached hydrogens (tertiary/aromatic N) is 2. The molecule has 0 aliphatic heterocycles. The molecule has 0 unspecified atom stereocenters. The van der Waals surface area contributed by atoms with E-state index in [2.05, 4.69) is 289 Å². The summed E-state index contributed by atoms with van der Waals surface area (Å²) in [7, 11) is 0. The topological polar surface area (TPSA) is 6.48 Å². The Morgan fingerprint density at radius 3 is 0.868 bits per heavy atom. The van der Waals surface area contributed by atoms with Gasteiger partial charge in [-0.15, -0.1) is 0 Å². The van der Waals surface area contributed by atoms with Crippen molar-refractivity contribution in [3.8, 4) is 44.5 Å². The molecular weight excluding hydrogens is 821 g/mol. The summed E-state index contributed by atoms with van der Waals surface area (Å²) >= 11 is 0. The molecule has 320 valence electrons. The molecule has 12 rings (SSSR count). The summed E-state index contributed by atoms with van der Waals surface area (Å²) in [5.41, 5.74) is 16.4. The Morgan fingerprint density at radius 1 is 0.176 bits per heavy atom. The van der Waals surface area contributed by atoms with Crippen molar-refractivity contribution in [1.82, 2.24) is 0 Å². The highest BCUT2D eigenvalue weighted by Gasteiger charge is 2.19. The van der Waals surface area contributed by atoms with Gasteiger partial charge < -0.3 is 9.80 Å². The van der Waals surface area contributed by atoms with Gasteiger partial charge in [0.25, 0.3) is 0 Å². The van der Waals surface area contributed by atoms with Crippen LogP contribution in [0.5, 0.6) is 0 Å². The number of para-hydroxylation sites is 3. The Labute approximate surface area is 397 Å². The third-order valence-electron chi connectivity index (χ3n) is 13.2. The van der Waals surface area contributed by atoms with E-state index in [4.69, 9.17) is 0 Å². The highest BCUT2D eigenvalue weighted by molar-refractivity contribution is 6.21. The van der Waals surface area contributed by atoms with E-state index in [-0.39, 0.29) is 0 Å². The molecular formula is C66H46N2. The lowest BCUT2D eigenvalue weighted by atomic mass is 9.85. The van der Waals surface area contributed by atoms with Gasteiger partial charge in [-0.1, -0.05) is 206 Å². The zero-order valence-electron chi connectivity index (χ0n) is 37.5. The van der Waals surface area contributed by atoms with Crippen molar-refractivity contribution in [3.05, 3.63) is 279 Å². The number of fused-ring (bicyclic) bond motifs is 3. The monoisotopic (exact) mass is 866 g/mol. The Balaban J connectivity index is 0.888. The number of rotatable bonds is 10. The number of hydrogen-bond donors (Lipinski definition) is 0. The zero-order valence-corrected chi connectivity index (χ0v) is 37.5. The van der Waals surface area contributed by atoms with E-state index in [1.165, 1.54) is 76.8 Å². The summed E-state index contributed by atoms with van der Waals surface area (Å²) in [5.74, 6) is 0. The van der Waals surface area contributed by atoms with Gasteiger partial charge in [-0.25, -0.2) is 0 Å². The fraction of sp³-hybridized carbons (Fsp3) is 0. The lowest BCUT2D eigenvalue weighted by Crippen LogP contribution is -2.12. The maximum Gasteiger partial charge on any atom is 0.0463 e. The molecule has 0 N–H and O–H groups in total. The third kappa shape index (κ3) is 7.54. The molecule has 0 fully saturated rings. The lowest BCUT2D eigenvalue weighted by molar-refractivity contribution is 1.26. The summed E-state index contributed by atoms with van der Waals surface area (Å²) in [6, 6.07) is 101. The van der Waals surface area contributed by atoms with Crippen LogP contribution in [0, 0.1) is 0 Å². The molecule has 0 heterocycles. The first-order valence-corrected chi connectivity index (χ1v) is 23.3. The molecule has 0 amide bonds. The highest BCUT2D eigenvalue weighted by Crippen LogP contribution is 2.45. The number of anilines is 6. The fourth-order valence-electron chi connectivity index (χ4n) is 10.1. The van der Waals surface area contributed by atoms with Gasteiger partial charge in [-0.3, -0.25) is 0 Å². The molecule has 12 aromatic carbocycles. The molecule has 0 radical (unpaired) electrons. The standard InChI is InChI=1S/C66H46N2/c1-4-19-53(20-5-1)67(54-21-6-2-7-22-54)57-43-45-58(46-44-57)68(55-23-8-3-9-24-55)56-41-39-52(40-42-56)66-63-28-14-12-26-61(63)65(62-27-13-15-29-64(62)66)51-37-33-48(34-38-51)47-31-35-50(36-32-47)60-30-16-18-49-17-10-11-25-59(49)60/h1-46H. The molecule has 2 nitrogen and oxygen atoms in total. The van der Waals surface area contributed by atoms with Gasteiger partial charge in [0.2, 0.25) is 0 Å². The average molecular weight is 867 g/mol. The largest absolute Gasteiger partial charge is 0.311 e. The maximum absolute atomic E-state index is 2.34. The van der Waals surface area contributed by atoms with Crippen LogP contribution in [0.3, 0.4) is 0 Å². The van der Waals surface area contributed by atoms with Crippen molar-refractivity contribution in [2.75, 3.05) is 9.80 Å². The smallest absolute Gasteiger partial charge is 0.0463 e. The Hall–Kier alpha value is -8.98. The normalized spacial score (nSPS) is 11.2. The van der Waals surface area contributed by atoms with Crippen LogP contribution in [0.4, 0.5) is 34.1 Å². The zero-order chi connectivity index (χ0) is 45.2.